The van der Waals surface area contributed by atoms with Gasteiger partial charge in [0, 0.05) is 24.1 Å². The van der Waals surface area contributed by atoms with Crippen LogP contribution in [-0.2, 0) is 9.59 Å². The van der Waals surface area contributed by atoms with E-state index in [9.17, 15) is 9.59 Å². The molecule has 160 valence electrons. The number of benzene rings is 2. The Bertz CT molecular complexity index is 838. The van der Waals surface area contributed by atoms with Gasteiger partial charge in [0.25, 0.3) is 0 Å². The highest BCUT2D eigenvalue weighted by molar-refractivity contribution is 5.93. The standard InChI is InChI=1S/C23H29N3O4/c1-3-4-8-16-30-23-18(10-9-13-20(23)29-2)17-24-26-22(28)15-14-21(27)25-19-11-6-5-7-12-19/h5-7,9-13,17H,3-4,8,14-16H2,1-2H3,(H,25,27)(H,26,28). The van der Waals surface area contributed by atoms with Gasteiger partial charge >= 0.3 is 0 Å². The molecule has 0 bridgehead atoms. The Morgan fingerprint density at radius 2 is 1.77 bits per heavy atom. The van der Waals surface area contributed by atoms with Crippen molar-refractivity contribution in [2.24, 2.45) is 5.10 Å². The van der Waals surface area contributed by atoms with E-state index < -0.39 is 0 Å². The number of amides is 2. The van der Waals surface area contributed by atoms with E-state index in [-0.39, 0.29) is 24.7 Å². The van der Waals surface area contributed by atoms with Crippen molar-refractivity contribution in [3.05, 3.63) is 54.1 Å². The molecule has 2 aromatic rings. The molecule has 0 aliphatic carbocycles. The maximum absolute atomic E-state index is 12.0. The first kappa shape index (κ1) is 22.9. The van der Waals surface area contributed by atoms with Crippen LogP contribution >= 0.6 is 0 Å². The van der Waals surface area contributed by atoms with Crippen LogP contribution in [0.4, 0.5) is 5.69 Å². The molecule has 0 atom stereocenters. The van der Waals surface area contributed by atoms with Gasteiger partial charge in [0.2, 0.25) is 11.8 Å². The van der Waals surface area contributed by atoms with E-state index in [0.29, 0.717) is 29.4 Å². The molecule has 0 spiro atoms. The predicted octanol–water partition coefficient (Wildman–Crippen LogP) is 4.13. The highest BCUT2D eigenvalue weighted by Crippen LogP contribution is 2.30. The summed E-state index contributed by atoms with van der Waals surface area (Å²) in [6.07, 6.45) is 4.77. The van der Waals surface area contributed by atoms with Crippen LogP contribution < -0.4 is 20.2 Å². The third-order valence-electron chi connectivity index (χ3n) is 4.25. The van der Waals surface area contributed by atoms with E-state index in [4.69, 9.17) is 9.47 Å². The summed E-state index contributed by atoms with van der Waals surface area (Å²) >= 11 is 0. The number of hydrazone groups is 1. The van der Waals surface area contributed by atoms with Crippen molar-refractivity contribution in [1.29, 1.82) is 0 Å². The maximum atomic E-state index is 12.0. The minimum absolute atomic E-state index is 0.0362. The van der Waals surface area contributed by atoms with Crippen molar-refractivity contribution in [2.45, 2.75) is 39.0 Å². The quantitative estimate of drug-likeness (QED) is 0.312. The molecule has 2 N–H and O–H groups in total. The van der Waals surface area contributed by atoms with Gasteiger partial charge in [-0.25, -0.2) is 5.43 Å². The van der Waals surface area contributed by atoms with Crippen molar-refractivity contribution in [2.75, 3.05) is 19.0 Å². The SMILES string of the molecule is CCCCCOc1c(C=NNC(=O)CCC(=O)Nc2ccccc2)cccc1OC. The van der Waals surface area contributed by atoms with Gasteiger partial charge in [-0.2, -0.15) is 5.10 Å². The Hall–Kier alpha value is -3.35. The molecule has 0 saturated heterocycles. The van der Waals surface area contributed by atoms with Crippen LogP contribution in [0.25, 0.3) is 0 Å². The van der Waals surface area contributed by atoms with Gasteiger partial charge in [-0.3, -0.25) is 9.59 Å². The summed E-state index contributed by atoms with van der Waals surface area (Å²) in [6, 6.07) is 14.6. The summed E-state index contributed by atoms with van der Waals surface area (Å²) in [5.41, 5.74) is 3.85. The monoisotopic (exact) mass is 411 g/mol. The highest BCUT2D eigenvalue weighted by Gasteiger charge is 2.10. The second-order valence-corrected chi connectivity index (χ2v) is 6.64. The van der Waals surface area contributed by atoms with E-state index in [1.54, 1.807) is 19.2 Å². The van der Waals surface area contributed by atoms with Crippen molar-refractivity contribution < 1.29 is 19.1 Å². The fraction of sp³-hybridized carbons (Fsp3) is 0.348. The number of hydrogen-bond donors (Lipinski definition) is 2. The van der Waals surface area contributed by atoms with Gasteiger partial charge in [-0.05, 0) is 30.7 Å². The van der Waals surface area contributed by atoms with Crippen LogP contribution in [0.5, 0.6) is 11.5 Å². The van der Waals surface area contributed by atoms with Crippen LogP contribution in [0, 0.1) is 0 Å². The van der Waals surface area contributed by atoms with E-state index >= 15 is 0 Å². The van der Waals surface area contributed by atoms with Crippen molar-refractivity contribution >= 4 is 23.7 Å². The zero-order valence-electron chi connectivity index (χ0n) is 17.5. The first-order chi connectivity index (χ1) is 14.6. The van der Waals surface area contributed by atoms with Gasteiger partial charge in [-0.1, -0.05) is 44.0 Å². The lowest BCUT2D eigenvalue weighted by molar-refractivity contribution is -0.124. The van der Waals surface area contributed by atoms with Gasteiger partial charge in [0.1, 0.15) is 0 Å². The molecule has 0 unspecified atom stereocenters. The van der Waals surface area contributed by atoms with Gasteiger partial charge in [0.15, 0.2) is 11.5 Å². The molecular formula is C23H29N3O4. The average molecular weight is 412 g/mol. The summed E-state index contributed by atoms with van der Waals surface area (Å²) in [4.78, 5) is 23.9. The van der Waals surface area contributed by atoms with Crippen molar-refractivity contribution in [1.82, 2.24) is 5.43 Å². The molecule has 7 nitrogen and oxygen atoms in total. The first-order valence-corrected chi connectivity index (χ1v) is 10.1. The van der Waals surface area contributed by atoms with E-state index in [1.165, 1.54) is 6.21 Å². The number of nitrogens with one attached hydrogen (secondary N) is 2. The van der Waals surface area contributed by atoms with E-state index in [2.05, 4.69) is 22.8 Å². The number of carbonyl (C=O) groups excluding carboxylic acids is 2. The third-order valence-corrected chi connectivity index (χ3v) is 4.25. The molecule has 2 aromatic carbocycles. The number of methoxy groups -OCH3 is 1. The zero-order chi connectivity index (χ0) is 21.6. The van der Waals surface area contributed by atoms with Crippen LogP contribution in [-0.4, -0.2) is 31.7 Å². The van der Waals surface area contributed by atoms with Crippen LogP contribution in [0.2, 0.25) is 0 Å². The lowest BCUT2D eigenvalue weighted by Crippen LogP contribution is -2.20. The Morgan fingerprint density at radius 3 is 2.50 bits per heavy atom. The van der Waals surface area contributed by atoms with Gasteiger partial charge < -0.3 is 14.8 Å². The molecule has 0 aromatic heterocycles. The second-order valence-electron chi connectivity index (χ2n) is 6.64. The molecule has 0 aliphatic heterocycles. The largest absolute Gasteiger partial charge is 0.493 e. The van der Waals surface area contributed by atoms with E-state index in [1.807, 2.05) is 36.4 Å². The molecular weight excluding hydrogens is 382 g/mol. The fourth-order valence-corrected chi connectivity index (χ4v) is 2.68. The molecule has 7 heteroatoms. The summed E-state index contributed by atoms with van der Waals surface area (Å²) in [7, 11) is 1.58. The Morgan fingerprint density at radius 1 is 1.00 bits per heavy atom. The van der Waals surface area contributed by atoms with Crippen LogP contribution in [0.1, 0.15) is 44.6 Å². The smallest absolute Gasteiger partial charge is 0.240 e. The number of nitrogens with zero attached hydrogens (tertiary/aromatic N) is 1. The summed E-state index contributed by atoms with van der Waals surface area (Å²) in [5.74, 6) is 0.634. The Balaban J connectivity index is 1.84. The van der Waals surface area contributed by atoms with Gasteiger partial charge in [-0.15, -0.1) is 0 Å². The lowest BCUT2D eigenvalue weighted by atomic mass is 10.2. The molecule has 2 rings (SSSR count). The van der Waals surface area contributed by atoms with Crippen LogP contribution in [0.15, 0.2) is 53.6 Å². The predicted molar refractivity (Wildman–Crippen MR) is 118 cm³/mol. The molecule has 0 saturated carbocycles. The fourth-order valence-electron chi connectivity index (χ4n) is 2.68. The molecule has 2 amide bonds. The zero-order valence-corrected chi connectivity index (χ0v) is 17.5. The number of anilines is 1. The molecule has 0 aliphatic rings. The Kier molecular flexibility index (Phi) is 9.92. The third kappa shape index (κ3) is 7.95. The number of unbranched alkanes of at least 4 members (excludes halogenated alkanes) is 2. The second kappa shape index (κ2) is 13.0. The summed E-state index contributed by atoms with van der Waals surface area (Å²) < 4.78 is 11.2. The van der Waals surface area contributed by atoms with Crippen molar-refractivity contribution in [3.8, 4) is 11.5 Å². The number of ether oxygens (including phenoxy) is 2. The number of hydrogen-bond acceptors (Lipinski definition) is 5. The Labute approximate surface area is 177 Å². The number of rotatable bonds is 12. The molecule has 0 radical (unpaired) electrons. The normalized spacial score (nSPS) is 10.6. The van der Waals surface area contributed by atoms with Crippen LogP contribution in [0.3, 0.4) is 0 Å². The van der Waals surface area contributed by atoms with Gasteiger partial charge in [0.05, 0.1) is 19.9 Å². The highest BCUT2D eigenvalue weighted by atomic mass is 16.5. The van der Waals surface area contributed by atoms with E-state index in [0.717, 1.165) is 19.3 Å². The number of para-hydroxylation sites is 2. The first-order valence-electron chi connectivity index (χ1n) is 10.1. The topological polar surface area (TPSA) is 89.0 Å². The summed E-state index contributed by atoms with van der Waals surface area (Å²) in [6.45, 7) is 2.72. The van der Waals surface area contributed by atoms with Crippen molar-refractivity contribution in [3.63, 3.8) is 0 Å². The lowest BCUT2D eigenvalue weighted by Gasteiger charge is -2.13. The minimum atomic E-state index is -0.345. The maximum Gasteiger partial charge on any atom is 0.240 e. The molecule has 0 heterocycles. The average Bonchev–Trinajstić information content (AvgIpc) is 2.76. The molecule has 0 fully saturated rings. The summed E-state index contributed by atoms with van der Waals surface area (Å²) in [5, 5.41) is 6.73. The minimum Gasteiger partial charge on any atom is -0.493 e. The number of carbonyl (C=O) groups is 2. The molecule has 30 heavy (non-hydrogen) atoms.